The van der Waals surface area contributed by atoms with Crippen LogP contribution in [0.4, 0.5) is 4.39 Å². The molecule has 0 bridgehead atoms. The second-order valence-corrected chi connectivity index (χ2v) is 5.35. The first-order chi connectivity index (χ1) is 12.1. The Balaban J connectivity index is 1.69. The SMILES string of the molecule is C[C@H](OC(=O)c1ccc(CO)cc1)c1nnc(-c2ccc(F)cc2)o1. The first kappa shape index (κ1) is 16.8. The van der Waals surface area contributed by atoms with E-state index in [1.165, 1.54) is 24.3 Å². The highest BCUT2D eigenvalue weighted by atomic mass is 19.1. The minimum atomic E-state index is -0.744. The predicted octanol–water partition coefficient (Wildman–Crippen LogP) is 3.29. The van der Waals surface area contributed by atoms with E-state index in [0.29, 0.717) is 16.7 Å². The van der Waals surface area contributed by atoms with Crippen molar-refractivity contribution in [2.45, 2.75) is 19.6 Å². The molecule has 1 N–H and O–H groups in total. The molecule has 0 saturated heterocycles. The predicted molar refractivity (Wildman–Crippen MR) is 85.9 cm³/mol. The first-order valence-corrected chi connectivity index (χ1v) is 7.57. The zero-order valence-corrected chi connectivity index (χ0v) is 13.3. The van der Waals surface area contributed by atoms with E-state index in [-0.39, 0.29) is 24.2 Å². The van der Waals surface area contributed by atoms with E-state index in [9.17, 15) is 9.18 Å². The van der Waals surface area contributed by atoms with Gasteiger partial charge in [-0.25, -0.2) is 9.18 Å². The lowest BCUT2D eigenvalue weighted by molar-refractivity contribution is 0.0280. The zero-order valence-electron chi connectivity index (χ0n) is 13.3. The Hall–Kier alpha value is -3.06. The summed E-state index contributed by atoms with van der Waals surface area (Å²) in [6.45, 7) is 1.52. The second kappa shape index (κ2) is 7.23. The molecule has 1 aromatic heterocycles. The number of hydrogen-bond donors (Lipinski definition) is 1. The molecule has 7 heteroatoms. The molecule has 0 radical (unpaired) electrons. The minimum Gasteiger partial charge on any atom is -0.449 e. The molecule has 128 valence electrons. The van der Waals surface area contributed by atoms with Crippen LogP contribution in [0.5, 0.6) is 0 Å². The number of halogens is 1. The average Bonchev–Trinajstić information content (AvgIpc) is 3.12. The third kappa shape index (κ3) is 3.89. The molecule has 2 aromatic carbocycles. The molecule has 0 amide bonds. The van der Waals surface area contributed by atoms with E-state index in [4.69, 9.17) is 14.3 Å². The number of benzene rings is 2. The summed E-state index contributed by atoms with van der Waals surface area (Å²) < 4.78 is 23.7. The molecule has 3 rings (SSSR count). The molecule has 0 fully saturated rings. The molecule has 1 atom stereocenters. The van der Waals surface area contributed by atoms with Gasteiger partial charge in [0.2, 0.25) is 5.89 Å². The van der Waals surface area contributed by atoms with E-state index in [2.05, 4.69) is 10.2 Å². The van der Waals surface area contributed by atoms with Gasteiger partial charge < -0.3 is 14.3 Å². The molecule has 0 aliphatic carbocycles. The van der Waals surface area contributed by atoms with Crippen molar-refractivity contribution in [3.63, 3.8) is 0 Å². The molecule has 0 unspecified atom stereocenters. The monoisotopic (exact) mass is 342 g/mol. The summed E-state index contributed by atoms with van der Waals surface area (Å²) in [5, 5.41) is 16.8. The molecular formula is C18H15FN2O4. The fourth-order valence-corrected chi connectivity index (χ4v) is 2.13. The number of carbonyl (C=O) groups is 1. The highest BCUT2D eigenvalue weighted by molar-refractivity contribution is 5.89. The molecular weight excluding hydrogens is 327 g/mol. The van der Waals surface area contributed by atoms with Gasteiger partial charge in [-0.3, -0.25) is 0 Å². The number of carbonyl (C=O) groups excluding carboxylic acids is 1. The number of aliphatic hydroxyl groups excluding tert-OH is 1. The van der Waals surface area contributed by atoms with Crippen molar-refractivity contribution in [3.05, 3.63) is 71.4 Å². The van der Waals surface area contributed by atoms with E-state index in [1.807, 2.05) is 0 Å². The van der Waals surface area contributed by atoms with Gasteiger partial charge in [0, 0.05) is 5.56 Å². The summed E-state index contributed by atoms with van der Waals surface area (Å²) in [5.74, 6) is -0.554. The molecule has 0 aliphatic heterocycles. The lowest BCUT2D eigenvalue weighted by Crippen LogP contribution is -2.09. The average molecular weight is 342 g/mol. The quantitative estimate of drug-likeness (QED) is 0.716. The summed E-state index contributed by atoms with van der Waals surface area (Å²) >= 11 is 0. The van der Waals surface area contributed by atoms with Crippen LogP contribution in [0.25, 0.3) is 11.5 Å². The van der Waals surface area contributed by atoms with Crippen LogP contribution in [0.3, 0.4) is 0 Å². The topological polar surface area (TPSA) is 85.5 Å². The molecule has 1 heterocycles. The Bertz CT molecular complexity index is 860. The van der Waals surface area contributed by atoms with Gasteiger partial charge in [-0.2, -0.15) is 0 Å². The van der Waals surface area contributed by atoms with Crippen LogP contribution in [-0.4, -0.2) is 21.3 Å². The van der Waals surface area contributed by atoms with Crippen LogP contribution in [0, 0.1) is 5.82 Å². The number of nitrogens with zero attached hydrogens (tertiary/aromatic N) is 2. The van der Waals surface area contributed by atoms with E-state index >= 15 is 0 Å². The number of aliphatic hydroxyl groups is 1. The number of hydrogen-bond acceptors (Lipinski definition) is 6. The normalized spacial score (nSPS) is 12.0. The Morgan fingerprint density at radius 1 is 1.16 bits per heavy atom. The molecule has 0 saturated carbocycles. The summed E-state index contributed by atoms with van der Waals surface area (Å²) in [7, 11) is 0. The highest BCUT2D eigenvalue weighted by Gasteiger charge is 2.20. The minimum absolute atomic E-state index is 0.0973. The number of ether oxygens (including phenoxy) is 1. The van der Waals surface area contributed by atoms with Gasteiger partial charge in [0.15, 0.2) is 6.10 Å². The molecule has 25 heavy (non-hydrogen) atoms. The number of esters is 1. The zero-order chi connectivity index (χ0) is 17.8. The van der Waals surface area contributed by atoms with Crippen molar-refractivity contribution in [1.82, 2.24) is 10.2 Å². The van der Waals surface area contributed by atoms with Crippen LogP contribution >= 0.6 is 0 Å². The Kier molecular flexibility index (Phi) is 4.85. The number of rotatable bonds is 5. The van der Waals surface area contributed by atoms with Crippen LogP contribution in [0.15, 0.2) is 52.9 Å². The van der Waals surface area contributed by atoms with Crippen LogP contribution in [-0.2, 0) is 11.3 Å². The number of aromatic nitrogens is 2. The smallest absolute Gasteiger partial charge is 0.338 e. The van der Waals surface area contributed by atoms with Crippen molar-refractivity contribution < 1.29 is 23.4 Å². The summed E-state index contributed by atoms with van der Waals surface area (Å²) in [4.78, 5) is 12.1. The van der Waals surface area contributed by atoms with Crippen LogP contribution < -0.4 is 0 Å². The molecule has 6 nitrogen and oxygen atoms in total. The molecule has 0 spiro atoms. The maximum Gasteiger partial charge on any atom is 0.338 e. The van der Waals surface area contributed by atoms with E-state index < -0.39 is 12.1 Å². The summed E-state index contributed by atoms with van der Waals surface area (Å²) in [6, 6.07) is 12.0. The lowest BCUT2D eigenvalue weighted by atomic mass is 10.1. The van der Waals surface area contributed by atoms with Gasteiger partial charge in [0.25, 0.3) is 5.89 Å². The van der Waals surface area contributed by atoms with E-state index in [0.717, 1.165) is 0 Å². The lowest BCUT2D eigenvalue weighted by Gasteiger charge is -2.09. The summed E-state index contributed by atoms with van der Waals surface area (Å²) in [5.41, 5.74) is 1.62. The second-order valence-electron chi connectivity index (χ2n) is 5.35. The van der Waals surface area contributed by atoms with Gasteiger partial charge in [-0.05, 0) is 48.9 Å². The van der Waals surface area contributed by atoms with Crippen molar-refractivity contribution in [2.75, 3.05) is 0 Å². The van der Waals surface area contributed by atoms with Crippen LogP contribution in [0.2, 0.25) is 0 Å². The molecule has 3 aromatic rings. The van der Waals surface area contributed by atoms with E-state index in [1.54, 1.807) is 31.2 Å². The van der Waals surface area contributed by atoms with Crippen molar-refractivity contribution >= 4 is 5.97 Å². The standard InChI is InChI=1S/C18H15FN2O4/c1-11(24-18(23)14-4-2-12(10-22)3-5-14)16-20-21-17(25-16)13-6-8-15(19)9-7-13/h2-9,11,22H,10H2,1H3/t11-/m0/s1. The van der Waals surface area contributed by atoms with Gasteiger partial charge >= 0.3 is 5.97 Å². The van der Waals surface area contributed by atoms with Gasteiger partial charge in [-0.15, -0.1) is 10.2 Å². The third-order valence-electron chi connectivity index (χ3n) is 3.54. The maximum atomic E-state index is 13.0. The van der Waals surface area contributed by atoms with Crippen LogP contribution in [0.1, 0.15) is 34.8 Å². The van der Waals surface area contributed by atoms with Gasteiger partial charge in [0.05, 0.1) is 12.2 Å². The highest BCUT2D eigenvalue weighted by Crippen LogP contribution is 2.23. The van der Waals surface area contributed by atoms with Crippen molar-refractivity contribution in [1.29, 1.82) is 0 Å². The maximum absolute atomic E-state index is 13.0. The fraction of sp³-hybridized carbons (Fsp3) is 0.167. The van der Waals surface area contributed by atoms with Gasteiger partial charge in [0.1, 0.15) is 5.82 Å². The summed E-state index contributed by atoms with van der Waals surface area (Å²) in [6.07, 6.45) is -0.744. The van der Waals surface area contributed by atoms with Crippen molar-refractivity contribution in [3.8, 4) is 11.5 Å². The fourth-order valence-electron chi connectivity index (χ4n) is 2.13. The Labute approximate surface area is 142 Å². The van der Waals surface area contributed by atoms with Gasteiger partial charge in [-0.1, -0.05) is 12.1 Å². The first-order valence-electron chi connectivity index (χ1n) is 7.57. The largest absolute Gasteiger partial charge is 0.449 e. The molecule has 0 aliphatic rings. The third-order valence-corrected chi connectivity index (χ3v) is 3.54. The van der Waals surface area contributed by atoms with Crippen molar-refractivity contribution in [2.24, 2.45) is 0 Å². The Morgan fingerprint density at radius 2 is 1.84 bits per heavy atom. The Morgan fingerprint density at radius 3 is 2.48 bits per heavy atom.